The molecule has 0 saturated heterocycles. The highest BCUT2D eigenvalue weighted by Gasteiger charge is 2.20. The van der Waals surface area contributed by atoms with E-state index in [1.807, 2.05) is 0 Å². The normalized spacial score (nSPS) is 13.9. The topological polar surface area (TPSA) is 46.2 Å². The fourth-order valence-corrected chi connectivity index (χ4v) is 2.08. The van der Waals surface area contributed by atoms with E-state index < -0.39 is 15.3 Å². The van der Waals surface area contributed by atoms with Crippen LogP contribution in [0.4, 0.5) is 4.39 Å². The van der Waals surface area contributed by atoms with Gasteiger partial charge in [0.25, 0.3) is 0 Å². The van der Waals surface area contributed by atoms with Crippen molar-refractivity contribution in [2.75, 3.05) is 7.05 Å². The number of hydrogen-bond acceptors (Lipinski definition) is 2. The second kappa shape index (κ2) is 4.28. The Hall–Kier alpha value is -0.940. The molecule has 1 atom stereocenters. The molecule has 0 heterocycles. The summed E-state index contributed by atoms with van der Waals surface area (Å²) in [6, 6.07) is 4.46. The molecule has 0 bridgehead atoms. The summed E-state index contributed by atoms with van der Waals surface area (Å²) in [5.41, 5.74) is 0.959. The van der Waals surface area contributed by atoms with Crippen molar-refractivity contribution in [3.63, 3.8) is 0 Å². The highest BCUT2D eigenvalue weighted by molar-refractivity contribution is 7.89. The van der Waals surface area contributed by atoms with Crippen molar-refractivity contribution in [2.24, 2.45) is 0 Å². The van der Waals surface area contributed by atoms with Crippen LogP contribution in [0, 0.1) is 12.7 Å². The highest BCUT2D eigenvalue weighted by atomic mass is 32.2. The minimum atomic E-state index is -3.40. The van der Waals surface area contributed by atoms with Crippen molar-refractivity contribution < 1.29 is 12.8 Å². The van der Waals surface area contributed by atoms with Gasteiger partial charge >= 0.3 is 0 Å². The lowest BCUT2D eigenvalue weighted by atomic mass is 10.1. The molecule has 0 aliphatic rings. The predicted octanol–water partition coefficient (Wildman–Crippen LogP) is 1.74. The van der Waals surface area contributed by atoms with Gasteiger partial charge in [-0.1, -0.05) is 12.1 Å². The Labute approximate surface area is 89.4 Å². The molecular formula is C10H14FNO2S. The summed E-state index contributed by atoms with van der Waals surface area (Å²) in [6.45, 7) is 3.16. The molecule has 0 spiro atoms. The lowest BCUT2D eigenvalue weighted by molar-refractivity contribution is 0.576. The zero-order chi connectivity index (χ0) is 11.6. The Morgan fingerprint density at radius 1 is 1.40 bits per heavy atom. The van der Waals surface area contributed by atoms with Crippen LogP contribution >= 0.6 is 0 Å². The van der Waals surface area contributed by atoms with Gasteiger partial charge in [0.15, 0.2) is 0 Å². The molecule has 0 saturated carbocycles. The van der Waals surface area contributed by atoms with Crippen LogP contribution in [0.25, 0.3) is 0 Å². The van der Waals surface area contributed by atoms with Crippen LogP contribution in [0.5, 0.6) is 0 Å². The first-order valence-electron chi connectivity index (χ1n) is 4.57. The number of halogens is 1. The van der Waals surface area contributed by atoms with Gasteiger partial charge in [-0.15, -0.1) is 0 Å². The van der Waals surface area contributed by atoms with E-state index in [1.54, 1.807) is 19.1 Å². The van der Waals surface area contributed by atoms with Crippen LogP contribution in [0.15, 0.2) is 18.2 Å². The summed E-state index contributed by atoms with van der Waals surface area (Å²) in [5, 5.41) is -0.752. The lowest BCUT2D eigenvalue weighted by Crippen LogP contribution is -2.24. The maximum atomic E-state index is 13.2. The SMILES string of the molecule is CNS(=O)(=O)C(C)c1ccc(C)c(F)c1. The molecule has 0 aliphatic carbocycles. The fraction of sp³-hybridized carbons (Fsp3) is 0.400. The van der Waals surface area contributed by atoms with Crippen molar-refractivity contribution in [3.8, 4) is 0 Å². The molecule has 84 valence electrons. The molecule has 1 aromatic carbocycles. The summed E-state index contributed by atoms with van der Waals surface area (Å²) < 4.78 is 38.4. The van der Waals surface area contributed by atoms with Gasteiger partial charge < -0.3 is 0 Å². The average molecular weight is 231 g/mol. The first-order valence-corrected chi connectivity index (χ1v) is 6.11. The third kappa shape index (κ3) is 2.54. The van der Waals surface area contributed by atoms with Crippen LogP contribution in [-0.4, -0.2) is 15.5 Å². The maximum Gasteiger partial charge on any atom is 0.218 e. The Kier molecular flexibility index (Phi) is 3.46. The van der Waals surface area contributed by atoms with Crippen molar-refractivity contribution in [1.82, 2.24) is 4.72 Å². The van der Waals surface area contributed by atoms with Gasteiger partial charge in [-0.2, -0.15) is 0 Å². The van der Waals surface area contributed by atoms with Crippen molar-refractivity contribution in [2.45, 2.75) is 19.1 Å². The van der Waals surface area contributed by atoms with E-state index in [9.17, 15) is 12.8 Å². The van der Waals surface area contributed by atoms with Gasteiger partial charge in [0.05, 0.1) is 5.25 Å². The van der Waals surface area contributed by atoms with Crippen LogP contribution in [0.2, 0.25) is 0 Å². The van der Waals surface area contributed by atoms with Crippen molar-refractivity contribution in [3.05, 3.63) is 35.1 Å². The second-order valence-corrected chi connectivity index (χ2v) is 5.61. The number of rotatable bonds is 3. The van der Waals surface area contributed by atoms with Crippen LogP contribution < -0.4 is 4.72 Å². The number of benzene rings is 1. The van der Waals surface area contributed by atoms with Gasteiger partial charge in [0, 0.05) is 0 Å². The van der Waals surface area contributed by atoms with Gasteiger partial charge in [-0.05, 0) is 38.1 Å². The zero-order valence-corrected chi connectivity index (χ0v) is 9.73. The summed E-state index contributed by atoms with van der Waals surface area (Å²) in [4.78, 5) is 0. The highest BCUT2D eigenvalue weighted by Crippen LogP contribution is 2.22. The van der Waals surface area contributed by atoms with Gasteiger partial charge in [-0.3, -0.25) is 0 Å². The van der Waals surface area contributed by atoms with Crippen LogP contribution in [0.3, 0.4) is 0 Å². The molecule has 0 radical (unpaired) electrons. The molecule has 0 amide bonds. The van der Waals surface area contributed by atoms with E-state index in [0.29, 0.717) is 11.1 Å². The van der Waals surface area contributed by atoms with Crippen molar-refractivity contribution in [1.29, 1.82) is 0 Å². The van der Waals surface area contributed by atoms with E-state index in [1.165, 1.54) is 20.0 Å². The lowest BCUT2D eigenvalue weighted by Gasteiger charge is -2.12. The van der Waals surface area contributed by atoms with Crippen molar-refractivity contribution >= 4 is 10.0 Å². The van der Waals surface area contributed by atoms with Gasteiger partial charge in [0.1, 0.15) is 5.82 Å². The minimum absolute atomic E-state index is 0.384. The monoisotopic (exact) mass is 231 g/mol. The standard InChI is InChI=1S/C10H14FNO2S/c1-7-4-5-9(6-10(7)11)8(2)15(13,14)12-3/h4-6,8,12H,1-3H3. The quantitative estimate of drug-likeness (QED) is 0.861. The van der Waals surface area contributed by atoms with Crippen LogP contribution in [0.1, 0.15) is 23.3 Å². The third-order valence-corrected chi connectivity index (χ3v) is 4.19. The number of nitrogens with one attached hydrogen (secondary N) is 1. The smallest absolute Gasteiger partial charge is 0.218 e. The van der Waals surface area contributed by atoms with E-state index in [2.05, 4.69) is 4.72 Å². The predicted molar refractivity (Wildman–Crippen MR) is 57.5 cm³/mol. The summed E-state index contributed by atoms with van der Waals surface area (Å²) in [6.07, 6.45) is 0. The molecule has 0 fully saturated rings. The first-order chi connectivity index (χ1) is 6.88. The largest absolute Gasteiger partial charge is 0.218 e. The number of hydrogen-bond donors (Lipinski definition) is 1. The molecular weight excluding hydrogens is 217 g/mol. The fourth-order valence-electron chi connectivity index (χ4n) is 1.22. The number of sulfonamides is 1. The summed E-state index contributed by atoms with van der Waals surface area (Å²) in [5.74, 6) is -0.384. The van der Waals surface area contributed by atoms with E-state index in [-0.39, 0.29) is 5.82 Å². The average Bonchev–Trinajstić information content (AvgIpc) is 2.21. The number of aryl methyl sites for hydroxylation is 1. The molecule has 1 rings (SSSR count). The third-order valence-electron chi connectivity index (χ3n) is 2.42. The summed E-state index contributed by atoms with van der Waals surface area (Å²) >= 11 is 0. The maximum absolute atomic E-state index is 13.2. The molecule has 15 heavy (non-hydrogen) atoms. The molecule has 3 nitrogen and oxygen atoms in total. The Bertz CT molecular complexity index is 456. The molecule has 1 unspecified atom stereocenters. The zero-order valence-electron chi connectivity index (χ0n) is 8.91. The second-order valence-electron chi connectivity index (χ2n) is 3.40. The molecule has 1 aromatic rings. The Morgan fingerprint density at radius 2 is 2.00 bits per heavy atom. The molecule has 5 heteroatoms. The molecule has 0 aromatic heterocycles. The first kappa shape index (κ1) is 12.1. The van der Waals surface area contributed by atoms with Gasteiger partial charge in [-0.25, -0.2) is 17.5 Å². The molecule has 1 N–H and O–H groups in total. The van der Waals surface area contributed by atoms with E-state index in [4.69, 9.17) is 0 Å². The van der Waals surface area contributed by atoms with E-state index >= 15 is 0 Å². The Balaban J connectivity index is 3.13. The minimum Gasteiger partial charge on any atom is -0.218 e. The molecule has 0 aliphatic heterocycles. The Morgan fingerprint density at radius 3 is 2.47 bits per heavy atom. The van der Waals surface area contributed by atoms with Gasteiger partial charge in [0.2, 0.25) is 10.0 Å². The van der Waals surface area contributed by atoms with Crippen LogP contribution in [-0.2, 0) is 10.0 Å². The summed E-state index contributed by atoms with van der Waals surface area (Å²) in [7, 11) is -2.05. The van der Waals surface area contributed by atoms with E-state index in [0.717, 1.165) is 0 Å².